The van der Waals surface area contributed by atoms with E-state index in [4.69, 9.17) is 20.1 Å². The van der Waals surface area contributed by atoms with E-state index in [-0.39, 0.29) is 12.7 Å². The summed E-state index contributed by atoms with van der Waals surface area (Å²) in [5, 5.41) is 24.6. The van der Waals surface area contributed by atoms with Crippen LogP contribution in [0, 0.1) is 0 Å². The molecule has 3 N–H and O–H groups in total. The van der Waals surface area contributed by atoms with Crippen molar-refractivity contribution < 1.29 is 20.1 Å². The fraction of sp³-hybridized carbons (Fsp3) is 1.00. The maximum Gasteiger partial charge on any atom is 0.0745 e. The van der Waals surface area contributed by atoms with E-state index < -0.39 is 6.10 Å². The Morgan fingerprint density at radius 1 is 1.17 bits per heavy atom. The van der Waals surface area contributed by atoms with E-state index in [1.54, 1.807) is 6.92 Å². The van der Waals surface area contributed by atoms with Gasteiger partial charge >= 0.3 is 0 Å². The van der Waals surface area contributed by atoms with Gasteiger partial charge in [0.15, 0.2) is 0 Å². The van der Waals surface area contributed by atoms with Crippen LogP contribution in [0.2, 0.25) is 0 Å². The number of ether oxygens (including phenoxy) is 1. The number of aliphatic hydroxyl groups excluding tert-OH is 3. The molecule has 0 saturated heterocycles. The zero-order valence-corrected chi connectivity index (χ0v) is 8.03. The Morgan fingerprint density at radius 3 is 1.67 bits per heavy atom. The van der Waals surface area contributed by atoms with Crippen LogP contribution >= 0.6 is 0 Å². The van der Waals surface area contributed by atoms with Gasteiger partial charge in [0.25, 0.3) is 0 Å². The maximum absolute atomic E-state index is 8.56. The molecule has 2 unspecified atom stereocenters. The van der Waals surface area contributed by atoms with Crippen molar-refractivity contribution in [1.82, 2.24) is 0 Å². The van der Waals surface area contributed by atoms with Crippen molar-refractivity contribution in [2.24, 2.45) is 0 Å². The van der Waals surface area contributed by atoms with Crippen LogP contribution in [0.15, 0.2) is 0 Å². The normalized spacial score (nSPS) is 14.5. The molecule has 0 aliphatic rings. The highest BCUT2D eigenvalue weighted by atomic mass is 16.5. The summed E-state index contributed by atoms with van der Waals surface area (Å²) in [7, 11) is 0. The van der Waals surface area contributed by atoms with Crippen LogP contribution < -0.4 is 0 Å². The largest absolute Gasteiger partial charge is 0.394 e. The van der Waals surface area contributed by atoms with Crippen molar-refractivity contribution in [1.29, 1.82) is 0 Å². The molecular weight excluding hydrogens is 160 g/mol. The van der Waals surface area contributed by atoms with Crippen molar-refractivity contribution in [3.8, 4) is 0 Å². The van der Waals surface area contributed by atoms with Crippen LogP contribution in [0.3, 0.4) is 0 Å². The van der Waals surface area contributed by atoms with E-state index in [1.165, 1.54) is 6.92 Å². The third-order valence-corrected chi connectivity index (χ3v) is 0.827. The summed E-state index contributed by atoms with van der Waals surface area (Å²) in [6.45, 7) is 6.14. The number of hydrogen-bond donors (Lipinski definition) is 3. The molecule has 4 nitrogen and oxygen atoms in total. The molecule has 0 aliphatic carbocycles. The molecule has 12 heavy (non-hydrogen) atoms. The first kappa shape index (κ1) is 14.4. The standard InChI is InChI=1S/C5H12O2.C3H8O2/c1-3-7-4-5(2)6;1-3(5)2-4/h5-6H,3-4H2,1-2H3;3-5H,2H2,1H3. The van der Waals surface area contributed by atoms with Crippen LogP contribution in [0.5, 0.6) is 0 Å². The van der Waals surface area contributed by atoms with E-state index in [0.717, 1.165) is 0 Å². The second kappa shape index (κ2) is 10.8. The van der Waals surface area contributed by atoms with Gasteiger partial charge in [-0.25, -0.2) is 0 Å². The Balaban J connectivity index is 0. The predicted molar refractivity (Wildman–Crippen MR) is 46.9 cm³/mol. The molecule has 0 amide bonds. The highest BCUT2D eigenvalue weighted by Gasteiger charge is 1.90. The summed E-state index contributed by atoms with van der Waals surface area (Å²) in [6, 6.07) is 0. The molecular formula is C8H20O4. The third kappa shape index (κ3) is 22.5. The zero-order valence-electron chi connectivity index (χ0n) is 8.03. The molecule has 4 heteroatoms. The Labute approximate surface area is 73.8 Å². The highest BCUT2D eigenvalue weighted by Crippen LogP contribution is 1.79. The fourth-order valence-corrected chi connectivity index (χ4v) is 0.288. The first-order chi connectivity index (χ1) is 5.54. The molecule has 0 aromatic rings. The lowest BCUT2D eigenvalue weighted by Gasteiger charge is -2.00. The van der Waals surface area contributed by atoms with E-state index in [2.05, 4.69) is 0 Å². The average Bonchev–Trinajstić information content (AvgIpc) is 2.02. The fourth-order valence-electron chi connectivity index (χ4n) is 0.288. The first-order valence-electron chi connectivity index (χ1n) is 4.09. The Bertz CT molecular complexity index is 73.5. The van der Waals surface area contributed by atoms with Gasteiger partial charge in [0.05, 0.1) is 25.4 Å². The molecule has 2 atom stereocenters. The molecule has 76 valence electrons. The molecule has 0 saturated carbocycles. The van der Waals surface area contributed by atoms with Crippen LogP contribution in [0.25, 0.3) is 0 Å². The van der Waals surface area contributed by atoms with Gasteiger partial charge in [-0.2, -0.15) is 0 Å². The molecule has 0 heterocycles. The van der Waals surface area contributed by atoms with Gasteiger partial charge < -0.3 is 20.1 Å². The van der Waals surface area contributed by atoms with Gasteiger partial charge in [0.1, 0.15) is 0 Å². The molecule has 0 aromatic heterocycles. The van der Waals surface area contributed by atoms with Gasteiger partial charge in [-0.15, -0.1) is 0 Å². The number of hydrogen-bond acceptors (Lipinski definition) is 4. The quantitative estimate of drug-likeness (QED) is 0.558. The lowest BCUT2D eigenvalue weighted by atomic mass is 10.4. The third-order valence-electron chi connectivity index (χ3n) is 0.827. The second-order valence-electron chi connectivity index (χ2n) is 2.54. The summed E-state index contributed by atoms with van der Waals surface area (Å²) in [4.78, 5) is 0. The minimum Gasteiger partial charge on any atom is -0.394 e. The predicted octanol–water partition coefficient (Wildman–Crippen LogP) is -0.237. The molecule has 0 rings (SSSR count). The minimum absolute atomic E-state index is 0.139. The van der Waals surface area contributed by atoms with Crippen molar-refractivity contribution in [2.45, 2.75) is 33.0 Å². The summed E-state index contributed by atoms with van der Waals surface area (Å²) in [6.07, 6.45) is -0.880. The van der Waals surface area contributed by atoms with Gasteiger partial charge in [0, 0.05) is 6.61 Å². The van der Waals surface area contributed by atoms with Gasteiger partial charge in [-0.1, -0.05) is 0 Å². The summed E-state index contributed by atoms with van der Waals surface area (Å²) in [5.74, 6) is 0. The Morgan fingerprint density at radius 2 is 1.58 bits per heavy atom. The van der Waals surface area contributed by atoms with E-state index >= 15 is 0 Å². The maximum atomic E-state index is 8.56. The van der Waals surface area contributed by atoms with Crippen molar-refractivity contribution in [2.75, 3.05) is 19.8 Å². The smallest absolute Gasteiger partial charge is 0.0745 e. The van der Waals surface area contributed by atoms with Gasteiger partial charge in [-0.05, 0) is 20.8 Å². The molecule has 0 spiro atoms. The van der Waals surface area contributed by atoms with Gasteiger partial charge in [0.2, 0.25) is 0 Å². The zero-order chi connectivity index (χ0) is 9.98. The topological polar surface area (TPSA) is 69.9 Å². The van der Waals surface area contributed by atoms with E-state index in [0.29, 0.717) is 13.2 Å². The van der Waals surface area contributed by atoms with Crippen LogP contribution in [0.4, 0.5) is 0 Å². The van der Waals surface area contributed by atoms with Crippen LogP contribution in [-0.4, -0.2) is 47.3 Å². The summed E-state index contributed by atoms with van der Waals surface area (Å²) in [5.41, 5.74) is 0. The molecule has 0 bridgehead atoms. The van der Waals surface area contributed by atoms with Crippen molar-refractivity contribution >= 4 is 0 Å². The summed E-state index contributed by atoms with van der Waals surface area (Å²) >= 11 is 0. The van der Waals surface area contributed by atoms with Crippen molar-refractivity contribution in [3.63, 3.8) is 0 Å². The minimum atomic E-state index is -0.560. The Kier molecular flexibility index (Phi) is 13.0. The number of rotatable bonds is 4. The molecule has 0 fully saturated rings. The lowest BCUT2D eigenvalue weighted by Crippen LogP contribution is -2.09. The monoisotopic (exact) mass is 180 g/mol. The van der Waals surface area contributed by atoms with E-state index in [9.17, 15) is 0 Å². The van der Waals surface area contributed by atoms with Crippen molar-refractivity contribution in [3.05, 3.63) is 0 Å². The molecule has 0 aromatic carbocycles. The average molecular weight is 180 g/mol. The molecule has 0 aliphatic heterocycles. The van der Waals surface area contributed by atoms with Crippen LogP contribution in [-0.2, 0) is 4.74 Å². The second-order valence-corrected chi connectivity index (χ2v) is 2.54. The van der Waals surface area contributed by atoms with Crippen LogP contribution in [0.1, 0.15) is 20.8 Å². The van der Waals surface area contributed by atoms with E-state index in [1.807, 2.05) is 6.92 Å². The highest BCUT2D eigenvalue weighted by molar-refractivity contribution is 4.38. The molecule has 0 radical (unpaired) electrons. The lowest BCUT2D eigenvalue weighted by molar-refractivity contribution is 0.0527. The Hall–Kier alpha value is -0.160. The summed E-state index contributed by atoms with van der Waals surface area (Å²) < 4.78 is 4.84. The van der Waals surface area contributed by atoms with Gasteiger partial charge in [-0.3, -0.25) is 0 Å². The SMILES string of the molecule is CC(O)CO.CCOCC(C)O. The first-order valence-corrected chi connectivity index (χ1v) is 4.09. The number of aliphatic hydroxyl groups is 3.